The first-order valence-corrected chi connectivity index (χ1v) is 7.51. The van der Waals surface area contributed by atoms with Gasteiger partial charge in [-0.1, -0.05) is 18.3 Å². The Hall–Kier alpha value is -0.850. The second kappa shape index (κ2) is 6.36. The van der Waals surface area contributed by atoms with Crippen LogP contribution in [0.5, 0.6) is 0 Å². The summed E-state index contributed by atoms with van der Waals surface area (Å²) in [4.78, 5) is 4.32. The first-order chi connectivity index (χ1) is 8.72. The lowest BCUT2D eigenvalue weighted by atomic mass is 10.3. The van der Waals surface area contributed by atoms with Crippen molar-refractivity contribution in [2.24, 2.45) is 0 Å². The van der Waals surface area contributed by atoms with Crippen LogP contribution in [0.4, 0.5) is 0 Å². The zero-order valence-corrected chi connectivity index (χ0v) is 12.8. The third-order valence-corrected chi connectivity index (χ3v) is 4.23. The lowest BCUT2D eigenvalue weighted by molar-refractivity contribution is 0.564. The van der Waals surface area contributed by atoms with Crippen LogP contribution in [0.25, 0.3) is 10.7 Å². The smallest absolute Gasteiger partial charge is 0.167 e. The molecule has 2 rings (SSSR count). The molecule has 0 saturated carbocycles. The van der Waals surface area contributed by atoms with E-state index in [4.69, 9.17) is 0 Å². The largest absolute Gasteiger partial charge is 0.308 e. The molecule has 1 N–H and O–H groups in total. The maximum absolute atomic E-state index is 4.32. The van der Waals surface area contributed by atoms with Crippen molar-refractivity contribution in [2.75, 3.05) is 6.54 Å². The van der Waals surface area contributed by atoms with Gasteiger partial charge in [0, 0.05) is 10.7 Å². The van der Waals surface area contributed by atoms with Gasteiger partial charge < -0.3 is 5.32 Å². The fourth-order valence-electron chi connectivity index (χ4n) is 1.50. The molecule has 6 heteroatoms. The maximum atomic E-state index is 4.32. The number of aromatic nitrogens is 3. The Labute approximate surface area is 119 Å². The molecule has 0 radical (unpaired) electrons. The number of nitrogens with one attached hydrogen (secondary N) is 1. The lowest BCUT2D eigenvalue weighted by Crippen LogP contribution is -2.18. The zero-order valence-electron chi connectivity index (χ0n) is 10.4. The molecule has 0 saturated heterocycles. The van der Waals surface area contributed by atoms with E-state index in [-0.39, 0.29) is 6.04 Å². The Morgan fingerprint density at radius 3 is 3.00 bits per heavy atom. The van der Waals surface area contributed by atoms with E-state index >= 15 is 0 Å². The molecule has 1 atom stereocenters. The molecule has 0 fully saturated rings. The van der Waals surface area contributed by atoms with Crippen LogP contribution in [0.2, 0.25) is 0 Å². The van der Waals surface area contributed by atoms with Crippen LogP contribution < -0.4 is 5.32 Å². The number of halogens is 1. The van der Waals surface area contributed by atoms with Crippen LogP contribution in [0.15, 0.2) is 22.8 Å². The van der Waals surface area contributed by atoms with Crippen molar-refractivity contribution in [1.29, 1.82) is 0 Å². The molecule has 0 amide bonds. The summed E-state index contributed by atoms with van der Waals surface area (Å²) in [7, 11) is 0. The molecule has 0 bridgehead atoms. The molecule has 0 aliphatic rings. The third-order valence-electron chi connectivity index (χ3n) is 2.47. The highest BCUT2D eigenvalue weighted by Gasteiger charge is 2.14. The summed E-state index contributed by atoms with van der Waals surface area (Å²) in [5.41, 5.74) is 0.851. The van der Waals surface area contributed by atoms with Crippen LogP contribution in [0.1, 0.15) is 31.3 Å². The van der Waals surface area contributed by atoms with Gasteiger partial charge >= 0.3 is 0 Å². The van der Waals surface area contributed by atoms with Gasteiger partial charge in [0.05, 0.1) is 6.04 Å². The van der Waals surface area contributed by atoms with Crippen LogP contribution in [0, 0.1) is 0 Å². The van der Waals surface area contributed by atoms with Gasteiger partial charge in [0.25, 0.3) is 0 Å². The number of nitrogens with zero attached hydrogens (tertiary/aromatic N) is 3. The summed E-state index contributed by atoms with van der Waals surface area (Å²) in [6.07, 6.45) is 2.88. The Morgan fingerprint density at radius 1 is 1.44 bits per heavy atom. The van der Waals surface area contributed by atoms with Crippen LogP contribution in [0.3, 0.4) is 0 Å². The van der Waals surface area contributed by atoms with E-state index < -0.39 is 0 Å². The molecule has 0 aromatic carbocycles. The van der Waals surface area contributed by atoms with E-state index in [0.717, 1.165) is 33.1 Å². The molecular formula is C12H15BrN4S. The number of hydrogen-bond acceptors (Lipinski definition) is 5. The summed E-state index contributed by atoms with van der Waals surface area (Å²) in [5.74, 6) is 0. The maximum Gasteiger partial charge on any atom is 0.167 e. The summed E-state index contributed by atoms with van der Waals surface area (Å²) < 4.78 is 0.946. The second-order valence-electron chi connectivity index (χ2n) is 3.96. The van der Waals surface area contributed by atoms with Crippen molar-refractivity contribution in [1.82, 2.24) is 20.5 Å². The number of hydrogen-bond donors (Lipinski definition) is 1. The molecule has 18 heavy (non-hydrogen) atoms. The summed E-state index contributed by atoms with van der Waals surface area (Å²) >= 11 is 5.06. The van der Waals surface area contributed by atoms with Crippen molar-refractivity contribution >= 4 is 27.3 Å². The average Bonchev–Trinajstić information content (AvgIpc) is 2.86. The molecule has 2 aromatic rings. The second-order valence-corrected chi connectivity index (χ2v) is 5.82. The number of rotatable bonds is 5. The first kappa shape index (κ1) is 13.6. The average molecular weight is 327 g/mol. The standard InChI is InChI=1S/C12H15BrN4S/c1-3-6-14-8(2)11-16-17-12(18-11)10-9(13)5-4-7-15-10/h4-5,7-8,14H,3,6H2,1-2H3. The van der Waals surface area contributed by atoms with Gasteiger partial charge in [-0.25, -0.2) is 0 Å². The quantitative estimate of drug-likeness (QED) is 0.914. The molecule has 0 spiro atoms. The van der Waals surface area contributed by atoms with Crippen molar-refractivity contribution in [3.63, 3.8) is 0 Å². The Morgan fingerprint density at radius 2 is 2.28 bits per heavy atom. The fourth-order valence-corrected chi connectivity index (χ4v) is 2.95. The molecule has 1 unspecified atom stereocenters. The van der Waals surface area contributed by atoms with Crippen LogP contribution >= 0.6 is 27.3 Å². The Balaban J connectivity index is 2.18. The van der Waals surface area contributed by atoms with E-state index in [9.17, 15) is 0 Å². The first-order valence-electron chi connectivity index (χ1n) is 5.90. The lowest BCUT2D eigenvalue weighted by Gasteiger charge is -2.08. The monoisotopic (exact) mass is 326 g/mol. The van der Waals surface area contributed by atoms with Gasteiger partial charge in [0.2, 0.25) is 0 Å². The SMILES string of the molecule is CCCNC(C)c1nnc(-c2ncccc2Br)s1. The van der Waals surface area contributed by atoms with Gasteiger partial charge in [-0.2, -0.15) is 0 Å². The van der Waals surface area contributed by atoms with E-state index in [1.54, 1.807) is 17.5 Å². The van der Waals surface area contributed by atoms with Gasteiger partial charge in [0.15, 0.2) is 5.01 Å². The minimum atomic E-state index is 0.235. The Bertz CT molecular complexity index is 514. The van der Waals surface area contributed by atoms with E-state index in [1.807, 2.05) is 12.1 Å². The van der Waals surface area contributed by atoms with E-state index in [1.165, 1.54) is 0 Å². The zero-order chi connectivity index (χ0) is 13.0. The van der Waals surface area contributed by atoms with Crippen LogP contribution in [-0.2, 0) is 0 Å². The molecule has 2 aromatic heterocycles. The third kappa shape index (κ3) is 3.13. The summed E-state index contributed by atoms with van der Waals surface area (Å²) in [6.45, 7) is 5.24. The van der Waals surface area contributed by atoms with E-state index in [2.05, 4.69) is 50.3 Å². The predicted octanol–water partition coefficient (Wildman–Crippen LogP) is 3.42. The molecule has 0 aliphatic carbocycles. The van der Waals surface area contributed by atoms with Crippen molar-refractivity contribution < 1.29 is 0 Å². The molecular weight excluding hydrogens is 312 g/mol. The molecule has 96 valence electrons. The predicted molar refractivity (Wildman–Crippen MR) is 77.5 cm³/mol. The minimum absolute atomic E-state index is 0.235. The minimum Gasteiger partial charge on any atom is -0.308 e. The summed E-state index contributed by atoms with van der Waals surface area (Å²) in [6, 6.07) is 4.09. The van der Waals surface area contributed by atoms with E-state index in [0.29, 0.717) is 0 Å². The number of pyridine rings is 1. The Kier molecular flexibility index (Phi) is 4.79. The highest BCUT2D eigenvalue weighted by atomic mass is 79.9. The van der Waals surface area contributed by atoms with Gasteiger partial charge in [-0.15, -0.1) is 10.2 Å². The highest BCUT2D eigenvalue weighted by Crippen LogP contribution is 2.29. The highest BCUT2D eigenvalue weighted by molar-refractivity contribution is 9.10. The van der Waals surface area contributed by atoms with Crippen molar-refractivity contribution in [2.45, 2.75) is 26.3 Å². The van der Waals surface area contributed by atoms with Crippen molar-refractivity contribution in [3.05, 3.63) is 27.8 Å². The molecule has 2 heterocycles. The van der Waals surface area contributed by atoms with Crippen molar-refractivity contribution in [3.8, 4) is 10.7 Å². The van der Waals surface area contributed by atoms with Crippen LogP contribution in [-0.4, -0.2) is 21.7 Å². The summed E-state index contributed by atoms with van der Waals surface area (Å²) in [5, 5.41) is 13.7. The normalized spacial score (nSPS) is 12.6. The van der Waals surface area contributed by atoms with Gasteiger partial charge in [-0.3, -0.25) is 4.98 Å². The molecule has 4 nitrogen and oxygen atoms in total. The molecule has 0 aliphatic heterocycles. The van der Waals surface area contributed by atoms with Gasteiger partial charge in [0.1, 0.15) is 10.7 Å². The fraction of sp³-hybridized carbons (Fsp3) is 0.417. The topological polar surface area (TPSA) is 50.7 Å². The van der Waals surface area contributed by atoms with Gasteiger partial charge in [-0.05, 0) is 48.0 Å².